The number of esters is 1. The molecule has 1 aliphatic carbocycles. The van der Waals surface area contributed by atoms with Crippen LogP contribution in [0.15, 0.2) is 48.5 Å². The van der Waals surface area contributed by atoms with Crippen molar-refractivity contribution in [3.05, 3.63) is 59.7 Å². The van der Waals surface area contributed by atoms with Gasteiger partial charge in [-0.25, -0.2) is 4.79 Å². The van der Waals surface area contributed by atoms with Gasteiger partial charge >= 0.3 is 5.97 Å². The largest absolute Gasteiger partial charge is 0.467 e. The van der Waals surface area contributed by atoms with E-state index in [-0.39, 0.29) is 18.2 Å². The molecule has 1 aliphatic rings. The second-order valence-electron chi connectivity index (χ2n) is 6.46. The summed E-state index contributed by atoms with van der Waals surface area (Å²) in [6.07, 6.45) is 0.151. The summed E-state index contributed by atoms with van der Waals surface area (Å²) in [5.74, 6) is -1.63. The molecule has 2 atom stereocenters. The first-order chi connectivity index (χ1) is 12.6. The molecule has 2 aromatic carbocycles. The fourth-order valence-electron chi connectivity index (χ4n) is 3.50. The molecule has 2 aromatic rings. The second kappa shape index (κ2) is 7.40. The lowest BCUT2D eigenvalue weighted by atomic mass is 9.93. The van der Waals surface area contributed by atoms with Crippen LogP contribution in [0, 0.1) is 17.2 Å². The van der Waals surface area contributed by atoms with Crippen LogP contribution in [0.3, 0.4) is 0 Å². The van der Waals surface area contributed by atoms with Crippen molar-refractivity contribution in [3.63, 3.8) is 0 Å². The van der Waals surface area contributed by atoms with E-state index in [2.05, 4.69) is 5.32 Å². The maximum Gasteiger partial charge on any atom is 0.328 e. The highest BCUT2D eigenvalue weighted by Gasteiger charge is 2.36. The zero-order valence-corrected chi connectivity index (χ0v) is 14.7. The summed E-state index contributed by atoms with van der Waals surface area (Å²) in [4.78, 5) is 25.2. The van der Waals surface area contributed by atoms with Gasteiger partial charge in [0.05, 0.1) is 19.1 Å². The molecule has 26 heavy (non-hydrogen) atoms. The quantitative estimate of drug-likeness (QED) is 0.843. The van der Waals surface area contributed by atoms with Crippen molar-refractivity contribution in [2.45, 2.75) is 25.3 Å². The zero-order valence-electron chi connectivity index (χ0n) is 14.7. The number of benzene rings is 2. The Morgan fingerprint density at radius 1 is 1.12 bits per heavy atom. The number of methoxy groups -OCH3 is 1. The highest BCUT2D eigenvalue weighted by Crippen LogP contribution is 2.44. The van der Waals surface area contributed by atoms with Gasteiger partial charge in [-0.1, -0.05) is 55.5 Å². The van der Waals surface area contributed by atoms with Crippen LogP contribution in [0.4, 0.5) is 0 Å². The molecule has 0 unspecified atom stereocenters. The maximum atomic E-state index is 13.1. The number of amides is 1. The number of ether oxygens (including phenoxy) is 1. The van der Waals surface area contributed by atoms with Crippen LogP contribution in [0.1, 0.15) is 30.4 Å². The SMILES string of the molecule is COC(=O)[C@@H](NC(=O)C1c2ccccc2-c2ccccc21)[C@H](C)CC#N. The topological polar surface area (TPSA) is 79.2 Å². The third kappa shape index (κ3) is 3.06. The second-order valence-corrected chi connectivity index (χ2v) is 6.46. The minimum atomic E-state index is -0.855. The first-order valence-electron chi connectivity index (χ1n) is 8.51. The average Bonchev–Trinajstić information content (AvgIpc) is 3.00. The molecule has 1 N–H and O–H groups in total. The van der Waals surface area contributed by atoms with Gasteiger partial charge in [-0.2, -0.15) is 5.26 Å². The van der Waals surface area contributed by atoms with Crippen molar-refractivity contribution in [1.82, 2.24) is 5.32 Å². The van der Waals surface area contributed by atoms with Gasteiger partial charge in [0, 0.05) is 12.3 Å². The molecular formula is C21H20N2O3. The van der Waals surface area contributed by atoms with Crippen molar-refractivity contribution in [2.75, 3.05) is 7.11 Å². The van der Waals surface area contributed by atoms with Crippen LogP contribution in [-0.4, -0.2) is 25.0 Å². The molecule has 0 spiro atoms. The van der Waals surface area contributed by atoms with Crippen LogP contribution in [0.2, 0.25) is 0 Å². The molecule has 0 radical (unpaired) electrons. The number of nitrogens with zero attached hydrogens (tertiary/aromatic N) is 1. The van der Waals surface area contributed by atoms with Gasteiger partial charge in [0.1, 0.15) is 6.04 Å². The number of hydrogen-bond donors (Lipinski definition) is 1. The van der Waals surface area contributed by atoms with E-state index in [4.69, 9.17) is 10.00 Å². The Kier molecular flexibility index (Phi) is 5.04. The summed E-state index contributed by atoms with van der Waals surface area (Å²) in [5.41, 5.74) is 3.90. The molecule has 132 valence electrons. The zero-order chi connectivity index (χ0) is 18.7. The van der Waals surface area contributed by atoms with Crippen LogP contribution in [0.5, 0.6) is 0 Å². The van der Waals surface area contributed by atoms with Crippen molar-refractivity contribution in [3.8, 4) is 17.2 Å². The van der Waals surface area contributed by atoms with E-state index in [1.165, 1.54) is 7.11 Å². The third-order valence-electron chi connectivity index (χ3n) is 4.83. The number of nitriles is 1. The lowest BCUT2D eigenvalue weighted by Crippen LogP contribution is -2.47. The minimum Gasteiger partial charge on any atom is -0.467 e. The third-order valence-corrected chi connectivity index (χ3v) is 4.83. The van der Waals surface area contributed by atoms with Gasteiger partial charge in [0.2, 0.25) is 5.91 Å². The fraction of sp³-hybridized carbons (Fsp3) is 0.286. The predicted molar refractivity (Wildman–Crippen MR) is 97.1 cm³/mol. The van der Waals surface area contributed by atoms with Crippen molar-refractivity contribution >= 4 is 11.9 Å². The van der Waals surface area contributed by atoms with Crippen LogP contribution in [0.25, 0.3) is 11.1 Å². The van der Waals surface area contributed by atoms with E-state index in [1.807, 2.05) is 54.6 Å². The summed E-state index contributed by atoms with van der Waals surface area (Å²) in [6.45, 7) is 1.75. The van der Waals surface area contributed by atoms with Crippen LogP contribution >= 0.6 is 0 Å². The summed E-state index contributed by atoms with van der Waals surface area (Å²) in [7, 11) is 1.28. The lowest BCUT2D eigenvalue weighted by Gasteiger charge is -2.23. The van der Waals surface area contributed by atoms with Crippen molar-refractivity contribution < 1.29 is 14.3 Å². The number of hydrogen-bond acceptors (Lipinski definition) is 4. The van der Waals surface area contributed by atoms with Gasteiger partial charge in [-0.15, -0.1) is 0 Å². The molecule has 5 nitrogen and oxygen atoms in total. The summed E-state index contributed by atoms with van der Waals surface area (Å²) < 4.78 is 4.82. The number of fused-ring (bicyclic) bond motifs is 3. The van der Waals surface area contributed by atoms with Crippen molar-refractivity contribution in [2.24, 2.45) is 5.92 Å². The maximum absolute atomic E-state index is 13.1. The summed E-state index contributed by atoms with van der Waals surface area (Å²) in [5, 5.41) is 11.7. The van der Waals surface area contributed by atoms with E-state index in [0.717, 1.165) is 22.3 Å². The predicted octanol–water partition coefficient (Wildman–Crippen LogP) is 3.01. The molecule has 0 aliphatic heterocycles. The van der Waals surface area contributed by atoms with Gasteiger partial charge in [0.25, 0.3) is 0 Å². The lowest BCUT2D eigenvalue weighted by molar-refractivity contribution is -0.146. The molecule has 0 saturated carbocycles. The highest BCUT2D eigenvalue weighted by atomic mass is 16.5. The van der Waals surface area contributed by atoms with Gasteiger partial charge in [-0.3, -0.25) is 4.79 Å². The summed E-state index contributed by atoms with van der Waals surface area (Å²) >= 11 is 0. The molecule has 0 heterocycles. The molecular weight excluding hydrogens is 328 g/mol. The monoisotopic (exact) mass is 348 g/mol. The number of nitrogens with one attached hydrogen (secondary N) is 1. The van der Waals surface area contributed by atoms with Crippen LogP contribution < -0.4 is 5.32 Å². The Morgan fingerprint density at radius 2 is 1.65 bits per heavy atom. The molecule has 0 fully saturated rings. The van der Waals surface area contributed by atoms with Gasteiger partial charge in [0.15, 0.2) is 0 Å². The molecule has 0 bridgehead atoms. The smallest absolute Gasteiger partial charge is 0.328 e. The van der Waals surface area contributed by atoms with Gasteiger partial charge in [-0.05, 0) is 22.3 Å². The fourth-order valence-corrected chi connectivity index (χ4v) is 3.50. The van der Waals surface area contributed by atoms with E-state index < -0.39 is 17.9 Å². The Hall–Kier alpha value is -3.13. The first-order valence-corrected chi connectivity index (χ1v) is 8.51. The molecule has 5 heteroatoms. The Bertz CT molecular complexity index is 839. The first kappa shape index (κ1) is 17.7. The number of carbonyl (C=O) groups is 2. The van der Waals surface area contributed by atoms with Gasteiger partial charge < -0.3 is 10.1 Å². The Morgan fingerprint density at radius 3 is 2.15 bits per heavy atom. The number of rotatable bonds is 5. The minimum absolute atomic E-state index is 0.151. The molecule has 0 saturated heterocycles. The van der Waals surface area contributed by atoms with Crippen molar-refractivity contribution in [1.29, 1.82) is 5.26 Å². The van der Waals surface area contributed by atoms with E-state index in [0.29, 0.717) is 0 Å². The standard InChI is InChI=1S/C21H20N2O3/c1-13(11-12-22)19(21(25)26-2)23-20(24)18-16-9-5-3-7-14(16)15-8-4-6-10-17(15)18/h3-10,13,18-19H,11H2,1-2H3,(H,23,24)/t13-,19+/m1/s1. The molecule has 0 aromatic heterocycles. The summed E-state index contributed by atoms with van der Waals surface area (Å²) in [6, 6.07) is 16.8. The molecule has 1 amide bonds. The average molecular weight is 348 g/mol. The Balaban J connectivity index is 1.94. The van der Waals surface area contributed by atoms with E-state index >= 15 is 0 Å². The Labute approximate surface area is 152 Å². The normalized spacial score (nSPS) is 14.5. The van der Waals surface area contributed by atoms with E-state index in [1.54, 1.807) is 6.92 Å². The van der Waals surface area contributed by atoms with E-state index in [9.17, 15) is 9.59 Å². The number of carbonyl (C=O) groups excluding carboxylic acids is 2. The van der Waals surface area contributed by atoms with Crippen LogP contribution in [-0.2, 0) is 14.3 Å². The highest BCUT2D eigenvalue weighted by molar-refractivity contribution is 5.97. The molecule has 3 rings (SSSR count).